The summed E-state index contributed by atoms with van der Waals surface area (Å²) in [6.07, 6.45) is 2.94. The fourth-order valence-corrected chi connectivity index (χ4v) is 3.24. The Balaban J connectivity index is 1.82. The average molecular weight is 334 g/mol. The Morgan fingerprint density at radius 3 is 2.75 bits per heavy atom. The van der Waals surface area contributed by atoms with Gasteiger partial charge in [0.05, 0.1) is 13.7 Å². The third-order valence-corrected chi connectivity index (χ3v) is 4.71. The summed E-state index contributed by atoms with van der Waals surface area (Å²) < 4.78 is 10.9. The van der Waals surface area contributed by atoms with Gasteiger partial charge in [-0.3, -0.25) is 4.79 Å². The van der Waals surface area contributed by atoms with Gasteiger partial charge in [0.15, 0.2) is 11.5 Å². The van der Waals surface area contributed by atoms with Gasteiger partial charge in [0, 0.05) is 13.0 Å². The normalized spacial score (nSPS) is 16.5. The third-order valence-electron chi connectivity index (χ3n) is 4.71. The lowest BCUT2D eigenvalue weighted by atomic mass is 9.84. The van der Waals surface area contributed by atoms with Crippen LogP contribution >= 0.6 is 0 Å². The summed E-state index contributed by atoms with van der Waals surface area (Å²) in [6.45, 7) is 7.39. The number of amides is 1. The van der Waals surface area contributed by atoms with Crippen LogP contribution in [0.5, 0.6) is 11.5 Å². The minimum atomic E-state index is 0.119. The van der Waals surface area contributed by atoms with Crippen molar-refractivity contribution < 1.29 is 14.3 Å². The summed E-state index contributed by atoms with van der Waals surface area (Å²) in [5.41, 5.74) is 1.01. The number of methoxy groups -OCH3 is 1. The van der Waals surface area contributed by atoms with Crippen molar-refractivity contribution in [3.63, 3.8) is 0 Å². The molecule has 0 aliphatic carbocycles. The molecule has 2 rings (SSSR count). The minimum absolute atomic E-state index is 0.119. The first kappa shape index (κ1) is 18.6. The highest BCUT2D eigenvalue weighted by Gasteiger charge is 2.21. The van der Waals surface area contributed by atoms with Crippen LogP contribution in [0.15, 0.2) is 18.2 Å². The zero-order valence-corrected chi connectivity index (χ0v) is 15.1. The highest BCUT2D eigenvalue weighted by atomic mass is 16.5. The molecule has 1 unspecified atom stereocenters. The van der Waals surface area contributed by atoms with Crippen molar-refractivity contribution in [2.75, 3.05) is 26.8 Å². The predicted molar refractivity (Wildman–Crippen MR) is 95.4 cm³/mol. The van der Waals surface area contributed by atoms with Gasteiger partial charge >= 0.3 is 0 Å². The van der Waals surface area contributed by atoms with Gasteiger partial charge in [0.2, 0.25) is 5.91 Å². The van der Waals surface area contributed by atoms with Gasteiger partial charge in [-0.2, -0.15) is 0 Å². The maximum absolute atomic E-state index is 12.2. The van der Waals surface area contributed by atoms with E-state index in [-0.39, 0.29) is 5.91 Å². The monoisotopic (exact) mass is 334 g/mol. The molecule has 0 saturated carbocycles. The standard InChI is InChI=1S/C19H30N2O3/c1-4-24-17-6-5-15(12-18(17)23-3)13-21-19(22)11-14(2)16-7-9-20-10-8-16/h5-6,12,14,16,20H,4,7-11,13H2,1-3H3,(H,21,22). The lowest BCUT2D eigenvalue weighted by Gasteiger charge is -2.27. The van der Waals surface area contributed by atoms with Crippen molar-refractivity contribution in [1.82, 2.24) is 10.6 Å². The lowest BCUT2D eigenvalue weighted by molar-refractivity contribution is -0.122. The quantitative estimate of drug-likeness (QED) is 0.767. The number of ether oxygens (including phenoxy) is 2. The summed E-state index contributed by atoms with van der Waals surface area (Å²) in [7, 11) is 1.63. The van der Waals surface area contributed by atoms with Crippen molar-refractivity contribution >= 4 is 5.91 Å². The van der Waals surface area contributed by atoms with Crippen molar-refractivity contribution in [1.29, 1.82) is 0 Å². The molecule has 1 atom stereocenters. The minimum Gasteiger partial charge on any atom is -0.493 e. The number of carbonyl (C=O) groups excluding carboxylic acids is 1. The van der Waals surface area contributed by atoms with E-state index in [1.807, 2.05) is 25.1 Å². The van der Waals surface area contributed by atoms with E-state index >= 15 is 0 Å². The summed E-state index contributed by atoms with van der Waals surface area (Å²) in [6, 6.07) is 5.77. The maximum Gasteiger partial charge on any atom is 0.220 e. The molecule has 0 aromatic heterocycles. The number of rotatable bonds is 8. The van der Waals surface area contributed by atoms with Crippen molar-refractivity contribution in [3.05, 3.63) is 23.8 Å². The Hall–Kier alpha value is -1.75. The second-order valence-electron chi connectivity index (χ2n) is 6.46. The molecule has 5 nitrogen and oxygen atoms in total. The largest absolute Gasteiger partial charge is 0.493 e. The smallest absolute Gasteiger partial charge is 0.220 e. The van der Waals surface area contributed by atoms with Gasteiger partial charge in [0.1, 0.15) is 0 Å². The maximum atomic E-state index is 12.2. The molecule has 0 spiro atoms. The SMILES string of the molecule is CCOc1ccc(CNC(=O)CC(C)C2CCNCC2)cc1OC. The molecular weight excluding hydrogens is 304 g/mol. The van der Waals surface area contributed by atoms with E-state index in [0.717, 1.165) is 24.4 Å². The second-order valence-corrected chi connectivity index (χ2v) is 6.46. The van der Waals surface area contributed by atoms with E-state index in [4.69, 9.17) is 9.47 Å². The van der Waals surface area contributed by atoms with Crippen LogP contribution in [0.1, 0.15) is 38.7 Å². The molecule has 1 saturated heterocycles. The van der Waals surface area contributed by atoms with Crippen LogP contribution in [0.25, 0.3) is 0 Å². The van der Waals surface area contributed by atoms with Crippen LogP contribution in [0.3, 0.4) is 0 Å². The van der Waals surface area contributed by atoms with Gasteiger partial charge in [-0.05, 0) is 62.4 Å². The van der Waals surface area contributed by atoms with Crippen LogP contribution in [0.2, 0.25) is 0 Å². The fraction of sp³-hybridized carbons (Fsp3) is 0.632. The Morgan fingerprint density at radius 1 is 1.33 bits per heavy atom. The van der Waals surface area contributed by atoms with Gasteiger partial charge in [-0.1, -0.05) is 13.0 Å². The van der Waals surface area contributed by atoms with Crippen LogP contribution in [0.4, 0.5) is 0 Å². The molecule has 24 heavy (non-hydrogen) atoms. The molecule has 5 heteroatoms. The van der Waals surface area contributed by atoms with Gasteiger partial charge in [-0.25, -0.2) is 0 Å². The number of hydrogen-bond donors (Lipinski definition) is 2. The first-order valence-corrected chi connectivity index (χ1v) is 8.91. The number of benzene rings is 1. The molecule has 1 amide bonds. The summed E-state index contributed by atoms with van der Waals surface area (Å²) in [4.78, 5) is 12.2. The Bertz CT molecular complexity index is 527. The Labute approximate surface area is 145 Å². The van der Waals surface area contributed by atoms with Crippen LogP contribution in [0, 0.1) is 11.8 Å². The first-order valence-electron chi connectivity index (χ1n) is 8.91. The molecule has 0 bridgehead atoms. The van der Waals surface area contributed by atoms with Gasteiger partial charge in [0.25, 0.3) is 0 Å². The van der Waals surface area contributed by atoms with E-state index in [1.165, 1.54) is 12.8 Å². The van der Waals surface area contributed by atoms with Gasteiger partial charge in [-0.15, -0.1) is 0 Å². The molecule has 1 fully saturated rings. The summed E-state index contributed by atoms with van der Waals surface area (Å²) in [5, 5.41) is 6.39. The topological polar surface area (TPSA) is 59.6 Å². The zero-order chi connectivity index (χ0) is 17.4. The number of piperidine rings is 1. The van der Waals surface area contributed by atoms with Crippen LogP contribution in [-0.2, 0) is 11.3 Å². The molecule has 1 aromatic rings. The van der Waals surface area contributed by atoms with E-state index in [1.54, 1.807) is 7.11 Å². The fourth-order valence-electron chi connectivity index (χ4n) is 3.24. The molecule has 2 N–H and O–H groups in total. The highest BCUT2D eigenvalue weighted by molar-refractivity contribution is 5.76. The molecule has 1 aliphatic rings. The zero-order valence-electron chi connectivity index (χ0n) is 15.1. The Morgan fingerprint density at radius 2 is 2.08 bits per heavy atom. The Kier molecular flexibility index (Phi) is 7.37. The number of hydrogen-bond acceptors (Lipinski definition) is 4. The molecule has 1 aliphatic heterocycles. The summed E-state index contributed by atoms with van der Waals surface area (Å²) >= 11 is 0. The van der Waals surface area contributed by atoms with Crippen LogP contribution in [-0.4, -0.2) is 32.7 Å². The summed E-state index contributed by atoms with van der Waals surface area (Å²) in [5.74, 6) is 2.64. The van der Waals surface area contributed by atoms with Gasteiger partial charge < -0.3 is 20.1 Å². The van der Waals surface area contributed by atoms with Crippen LogP contribution < -0.4 is 20.1 Å². The van der Waals surface area contributed by atoms with E-state index < -0.39 is 0 Å². The van der Waals surface area contributed by atoms with E-state index in [2.05, 4.69) is 17.6 Å². The number of carbonyl (C=O) groups is 1. The lowest BCUT2D eigenvalue weighted by Crippen LogP contribution is -2.33. The first-order chi connectivity index (χ1) is 11.6. The number of nitrogens with one attached hydrogen (secondary N) is 2. The third kappa shape index (κ3) is 5.41. The van der Waals surface area contributed by atoms with E-state index in [0.29, 0.717) is 37.2 Å². The molecule has 1 aromatic carbocycles. The highest BCUT2D eigenvalue weighted by Crippen LogP contribution is 2.28. The molecule has 1 heterocycles. The van der Waals surface area contributed by atoms with Crippen molar-refractivity contribution in [2.24, 2.45) is 11.8 Å². The molecule has 134 valence electrons. The second kappa shape index (κ2) is 9.52. The predicted octanol–water partition coefficient (Wildman–Crippen LogP) is 2.74. The molecular formula is C19H30N2O3. The average Bonchev–Trinajstić information content (AvgIpc) is 2.61. The van der Waals surface area contributed by atoms with Crippen molar-refractivity contribution in [3.8, 4) is 11.5 Å². The van der Waals surface area contributed by atoms with Crippen molar-refractivity contribution in [2.45, 2.75) is 39.7 Å². The van der Waals surface area contributed by atoms with E-state index in [9.17, 15) is 4.79 Å². The molecule has 0 radical (unpaired) electrons.